The van der Waals surface area contributed by atoms with E-state index >= 15 is 0 Å². The Morgan fingerprint density at radius 3 is 2.28 bits per heavy atom. The van der Waals surface area contributed by atoms with E-state index < -0.39 is 47.4 Å². The van der Waals surface area contributed by atoms with E-state index in [1.165, 1.54) is 30.3 Å². The molecular weight excluding hydrogens is 443 g/mol. The van der Waals surface area contributed by atoms with Crippen LogP contribution in [0.1, 0.15) is 10.4 Å². The molecule has 1 amide bonds. The summed E-state index contributed by atoms with van der Waals surface area (Å²) in [7, 11) is -3.84. The summed E-state index contributed by atoms with van der Waals surface area (Å²) in [4.78, 5) is 35.3. The van der Waals surface area contributed by atoms with Crippen LogP contribution in [0.15, 0.2) is 53.4 Å². The van der Waals surface area contributed by atoms with Gasteiger partial charge in [-0.1, -0.05) is 41.4 Å². The number of halogens is 2. The number of benzene rings is 2. The van der Waals surface area contributed by atoms with Gasteiger partial charge < -0.3 is 10.1 Å². The van der Waals surface area contributed by atoms with E-state index in [1.807, 2.05) is 0 Å². The largest absolute Gasteiger partial charge is 0.456 e. The molecule has 0 aliphatic carbocycles. The van der Waals surface area contributed by atoms with E-state index in [1.54, 1.807) is 18.2 Å². The van der Waals surface area contributed by atoms with Crippen LogP contribution < -0.4 is 10.0 Å². The van der Waals surface area contributed by atoms with E-state index in [-0.39, 0.29) is 20.5 Å². The number of esters is 1. The maximum absolute atomic E-state index is 12.0. The van der Waals surface area contributed by atoms with Crippen LogP contribution >= 0.6 is 23.2 Å². The first-order chi connectivity index (χ1) is 13.7. The van der Waals surface area contributed by atoms with Gasteiger partial charge in [-0.2, -0.15) is 0 Å². The molecule has 0 bridgehead atoms. The molecule has 11 heteroatoms. The minimum Gasteiger partial charge on any atom is -0.456 e. The summed E-state index contributed by atoms with van der Waals surface area (Å²) in [6, 6.07) is 11.7. The zero-order valence-corrected chi connectivity index (χ0v) is 17.2. The van der Waals surface area contributed by atoms with Gasteiger partial charge in [0.2, 0.25) is 15.9 Å². The van der Waals surface area contributed by atoms with Crippen molar-refractivity contribution in [1.29, 1.82) is 0 Å². The Balaban J connectivity index is 1.73. The van der Waals surface area contributed by atoms with Gasteiger partial charge in [-0.25, -0.2) is 13.1 Å². The number of carbonyl (C=O) groups is 3. The first-order valence-corrected chi connectivity index (χ1v) is 10.4. The number of rotatable bonds is 9. The first-order valence-electron chi connectivity index (χ1n) is 8.14. The van der Waals surface area contributed by atoms with Crippen LogP contribution in [0.5, 0.6) is 0 Å². The highest BCUT2D eigenvalue weighted by molar-refractivity contribution is 7.89. The van der Waals surface area contributed by atoms with Crippen molar-refractivity contribution in [3.63, 3.8) is 0 Å². The lowest BCUT2D eigenvalue weighted by Gasteiger charge is -2.08. The van der Waals surface area contributed by atoms with Crippen molar-refractivity contribution in [2.45, 2.75) is 4.90 Å². The fourth-order valence-electron chi connectivity index (χ4n) is 2.03. The molecule has 2 aromatic rings. The Morgan fingerprint density at radius 2 is 1.62 bits per heavy atom. The number of hydrogen-bond acceptors (Lipinski definition) is 6. The molecule has 0 aliphatic heterocycles. The standard InChI is InChI=1S/C18H16Cl2N2O6S/c19-14-7-6-12(8-15(14)20)16(23)11-28-18(25)10-21-17(24)9-22-29(26,27)13-4-2-1-3-5-13/h1-8,22H,9-11H2,(H,21,24). The van der Waals surface area contributed by atoms with Crippen LogP contribution in [0.2, 0.25) is 10.0 Å². The third-order valence-electron chi connectivity index (χ3n) is 3.51. The summed E-state index contributed by atoms with van der Waals surface area (Å²) in [6.45, 7) is -1.64. The van der Waals surface area contributed by atoms with Gasteiger partial charge in [-0.3, -0.25) is 14.4 Å². The minimum atomic E-state index is -3.84. The molecule has 2 aromatic carbocycles. The Kier molecular flexibility index (Phi) is 8.15. The summed E-state index contributed by atoms with van der Waals surface area (Å²) in [5.41, 5.74) is 0.214. The Bertz CT molecular complexity index is 1010. The van der Waals surface area contributed by atoms with Crippen LogP contribution in [-0.4, -0.2) is 45.8 Å². The van der Waals surface area contributed by atoms with E-state index in [0.29, 0.717) is 0 Å². The number of sulfonamides is 1. The number of ketones is 1. The highest BCUT2D eigenvalue weighted by Crippen LogP contribution is 2.22. The molecule has 0 unspecified atom stereocenters. The molecular formula is C18H16Cl2N2O6S. The normalized spacial score (nSPS) is 11.0. The van der Waals surface area contributed by atoms with Crippen LogP contribution in [0.4, 0.5) is 0 Å². The number of ether oxygens (including phenoxy) is 1. The fraction of sp³-hybridized carbons (Fsp3) is 0.167. The predicted octanol–water partition coefficient (Wildman–Crippen LogP) is 1.81. The minimum absolute atomic E-state index is 0.00743. The molecule has 0 radical (unpaired) electrons. The number of carbonyl (C=O) groups excluding carboxylic acids is 3. The molecule has 0 aliphatic rings. The molecule has 29 heavy (non-hydrogen) atoms. The van der Waals surface area contributed by atoms with Crippen LogP contribution in [0.3, 0.4) is 0 Å². The average molecular weight is 459 g/mol. The molecule has 0 atom stereocenters. The van der Waals surface area contributed by atoms with Gasteiger partial charge in [0, 0.05) is 5.56 Å². The molecule has 0 spiro atoms. The van der Waals surface area contributed by atoms with Crippen LogP contribution in [-0.2, 0) is 24.3 Å². The van der Waals surface area contributed by atoms with Gasteiger partial charge in [0.1, 0.15) is 6.54 Å². The summed E-state index contributed by atoms with van der Waals surface area (Å²) in [5, 5.41) is 2.67. The molecule has 154 valence electrons. The topological polar surface area (TPSA) is 119 Å². The lowest BCUT2D eigenvalue weighted by molar-refractivity contribution is -0.142. The molecule has 0 fully saturated rings. The molecule has 0 saturated carbocycles. The number of nitrogens with one attached hydrogen (secondary N) is 2. The smallest absolute Gasteiger partial charge is 0.325 e. The maximum atomic E-state index is 12.0. The summed E-state index contributed by atoms with van der Waals surface area (Å²) >= 11 is 11.6. The van der Waals surface area contributed by atoms with Crippen molar-refractivity contribution in [3.8, 4) is 0 Å². The van der Waals surface area contributed by atoms with E-state index in [2.05, 4.69) is 10.0 Å². The van der Waals surface area contributed by atoms with Gasteiger partial charge in [0.25, 0.3) is 0 Å². The zero-order valence-electron chi connectivity index (χ0n) is 14.9. The monoisotopic (exact) mass is 458 g/mol. The molecule has 0 heterocycles. The van der Waals surface area contributed by atoms with E-state index in [0.717, 1.165) is 0 Å². The number of hydrogen-bond donors (Lipinski definition) is 2. The van der Waals surface area contributed by atoms with Gasteiger partial charge in [-0.05, 0) is 30.3 Å². The van der Waals surface area contributed by atoms with Crippen molar-refractivity contribution in [3.05, 3.63) is 64.1 Å². The lowest BCUT2D eigenvalue weighted by Crippen LogP contribution is -2.39. The second-order valence-electron chi connectivity index (χ2n) is 5.63. The molecule has 0 saturated heterocycles. The van der Waals surface area contributed by atoms with Gasteiger partial charge in [-0.15, -0.1) is 0 Å². The first kappa shape index (κ1) is 22.8. The number of amides is 1. The molecule has 8 nitrogen and oxygen atoms in total. The highest BCUT2D eigenvalue weighted by atomic mass is 35.5. The summed E-state index contributed by atoms with van der Waals surface area (Å²) < 4.78 is 30.9. The Hall–Kier alpha value is -2.46. The summed E-state index contributed by atoms with van der Waals surface area (Å²) in [5.74, 6) is -2.10. The third kappa shape index (κ3) is 7.13. The Labute approximate surface area is 177 Å². The Morgan fingerprint density at radius 1 is 0.931 bits per heavy atom. The fourth-order valence-corrected chi connectivity index (χ4v) is 3.33. The molecule has 0 aromatic heterocycles. The van der Waals surface area contributed by atoms with Crippen molar-refractivity contribution in [2.24, 2.45) is 0 Å². The van der Waals surface area contributed by atoms with Crippen molar-refractivity contribution >= 4 is 50.9 Å². The van der Waals surface area contributed by atoms with Gasteiger partial charge in [0.15, 0.2) is 12.4 Å². The van der Waals surface area contributed by atoms with Gasteiger partial charge >= 0.3 is 5.97 Å². The zero-order chi connectivity index (χ0) is 21.4. The lowest BCUT2D eigenvalue weighted by atomic mass is 10.1. The van der Waals surface area contributed by atoms with Crippen molar-refractivity contribution < 1.29 is 27.5 Å². The quantitative estimate of drug-likeness (QED) is 0.436. The van der Waals surface area contributed by atoms with E-state index in [9.17, 15) is 22.8 Å². The summed E-state index contributed by atoms with van der Waals surface area (Å²) in [6.07, 6.45) is 0. The van der Waals surface area contributed by atoms with Crippen molar-refractivity contribution in [2.75, 3.05) is 19.7 Å². The third-order valence-corrected chi connectivity index (χ3v) is 5.67. The molecule has 2 rings (SSSR count). The second-order valence-corrected chi connectivity index (χ2v) is 8.21. The van der Waals surface area contributed by atoms with E-state index in [4.69, 9.17) is 27.9 Å². The second kappa shape index (κ2) is 10.4. The predicted molar refractivity (Wildman–Crippen MR) is 106 cm³/mol. The number of Topliss-reactive ketones (excluding diaryl/α,β-unsaturated/α-hetero) is 1. The average Bonchev–Trinajstić information content (AvgIpc) is 2.71. The van der Waals surface area contributed by atoms with Gasteiger partial charge in [0.05, 0.1) is 21.5 Å². The maximum Gasteiger partial charge on any atom is 0.325 e. The highest BCUT2D eigenvalue weighted by Gasteiger charge is 2.16. The SMILES string of the molecule is O=C(CNS(=O)(=O)c1ccccc1)NCC(=O)OCC(=O)c1ccc(Cl)c(Cl)c1. The van der Waals surface area contributed by atoms with Crippen LogP contribution in [0.25, 0.3) is 0 Å². The van der Waals surface area contributed by atoms with Crippen LogP contribution in [0, 0.1) is 0 Å². The van der Waals surface area contributed by atoms with Crippen molar-refractivity contribution in [1.82, 2.24) is 10.0 Å². The molecule has 2 N–H and O–H groups in total.